The van der Waals surface area contributed by atoms with Gasteiger partial charge in [-0.1, -0.05) is 18.2 Å². The molecule has 0 radical (unpaired) electrons. The molecule has 0 aliphatic carbocycles. The van der Waals surface area contributed by atoms with Crippen molar-refractivity contribution in [3.8, 4) is 17.6 Å². The van der Waals surface area contributed by atoms with Crippen LogP contribution >= 0.6 is 0 Å². The SMILES string of the molecule is COc1ccc(C(C#N)N2CCN(C(=O)C(C)Oc3cccc(F)c3)CC2)cc1. The highest BCUT2D eigenvalue weighted by atomic mass is 19.1. The summed E-state index contributed by atoms with van der Waals surface area (Å²) in [7, 11) is 1.60. The molecule has 0 N–H and O–H groups in total. The molecule has 0 bridgehead atoms. The third-order valence-corrected chi connectivity index (χ3v) is 5.00. The average molecular weight is 397 g/mol. The zero-order chi connectivity index (χ0) is 20.8. The summed E-state index contributed by atoms with van der Waals surface area (Å²) in [6.45, 7) is 3.84. The van der Waals surface area contributed by atoms with E-state index in [-0.39, 0.29) is 11.9 Å². The second-order valence-corrected chi connectivity index (χ2v) is 6.88. The number of nitriles is 1. The summed E-state index contributed by atoms with van der Waals surface area (Å²) in [5.41, 5.74) is 0.899. The van der Waals surface area contributed by atoms with Gasteiger partial charge in [0.15, 0.2) is 6.10 Å². The Labute approximate surface area is 170 Å². The smallest absolute Gasteiger partial charge is 0.263 e. The fraction of sp³-hybridized carbons (Fsp3) is 0.364. The zero-order valence-electron chi connectivity index (χ0n) is 16.5. The molecule has 1 aliphatic rings. The molecule has 1 heterocycles. The van der Waals surface area contributed by atoms with Crippen molar-refractivity contribution >= 4 is 5.91 Å². The predicted molar refractivity (Wildman–Crippen MR) is 106 cm³/mol. The van der Waals surface area contributed by atoms with Crippen LogP contribution in [-0.4, -0.2) is 55.1 Å². The van der Waals surface area contributed by atoms with Gasteiger partial charge in [0.05, 0.1) is 13.2 Å². The van der Waals surface area contributed by atoms with Crippen LogP contribution in [-0.2, 0) is 4.79 Å². The number of amides is 1. The van der Waals surface area contributed by atoms with Crippen LogP contribution in [0.1, 0.15) is 18.5 Å². The van der Waals surface area contributed by atoms with Gasteiger partial charge >= 0.3 is 0 Å². The van der Waals surface area contributed by atoms with Crippen molar-refractivity contribution in [2.45, 2.75) is 19.1 Å². The number of ether oxygens (including phenoxy) is 2. The highest BCUT2D eigenvalue weighted by molar-refractivity contribution is 5.81. The second-order valence-electron chi connectivity index (χ2n) is 6.88. The Balaban J connectivity index is 1.57. The zero-order valence-corrected chi connectivity index (χ0v) is 16.5. The summed E-state index contributed by atoms with van der Waals surface area (Å²) >= 11 is 0. The summed E-state index contributed by atoms with van der Waals surface area (Å²) in [5.74, 6) is 0.519. The maximum absolute atomic E-state index is 13.3. The van der Waals surface area contributed by atoms with Crippen molar-refractivity contribution in [1.82, 2.24) is 9.80 Å². The normalized spacial score (nSPS) is 16.6. The van der Waals surface area contributed by atoms with Gasteiger partial charge in [0.2, 0.25) is 0 Å². The van der Waals surface area contributed by atoms with Gasteiger partial charge in [-0.25, -0.2) is 4.39 Å². The van der Waals surface area contributed by atoms with Gasteiger partial charge in [0.1, 0.15) is 23.4 Å². The number of nitrogens with zero attached hydrogens (tertiary/aromatic N) is 3. The van der Waals surface area contributed by atoms with Gasteiger partial charge in [-0.2, -0.15) is 5.26 Å². The van der Waals surface area contributed by atoms with Gasteiger partial charge in [-0.3, -0.25) is 9.69 Å². The molecule has 6 nitrogen and oxygen atoms in total. The number of methoxy groups -OCH3 is 1. The Morgan fingerprint density at radius 1 is 1.10 bits per heavy atom. The molecule has 0 aromatic heterocycles. The highest BCUT2D eigenvalue weighted by Crippen LogP contribution is 2.24. The molecule has 7 heteroatoms. The fourth-order valence-electron chi connectivity index (χ4n) is 3.41. The number of hydrogen-bond donors (Lipinski definition) is 0. The number of carbonyl (C=O) groups is 1. The number of rotatable bonds is 6. The fourth-order valence-corrected chi connectivity index (χ4v) is 3.41. The first-order chi connectivity index (χ1) is 14.0. The quantitative estimate of drug-likeness (QED) is 0.750. The van der Waals surface area contributed by atoms with Crippen LogP contribution in [0.2, 0.25) is 0 Å². The molecule has 2 unspecified atom stereocenters. The number of benzene rings is 2. The molecule has 0 saturated carbocycles. The lowest BCUT2D eigenvalue weighted by molar-refractivity contribution is -0.139. The molecule has 2 aromatic rings. The Kier molecular flexibility index (Phi) is 6.68. The first-order valence-corrected chi connectivity index (χ1v) is 9.50. The number of carbonyl (C=O) groups excluding carboxylic acids is 1. The third-order valence-electron chi connectivity index (χ3n) is 5.00. The average Bonchev–Trinajstić information content (AvgIpc) is 2.75. The van der Waals surface area contributed by atoms with Gasteiger partial charge in [-0.05, 0) is 36.8 Å². The molecule has 1 aliphatic heterocycles. The molecular formula is C22H24FN3O3. The van der Waals surface area contributed by atoms with Crippen LogP contribution in [0.4, 0.5) is 4.39 Å². The summed E-state index contributed by atoms with van der Waals surface area (Å²) < 4.78 is 24.0. The van der Waals surface area contributed by atoms with Crippen molar-refractivity contribution in [3.63, 3.8) is 0 Å². The van der Waals surface area contributed by atoms with E-state index in [1.54, 1.807) is 31.1 Å². The Bertz CT molecular complexity index is 874. The minimum absolute atomic E-state index is 0.146. The lowest BCUT2D eigenvalue weighted by Crippen LogP contribution is -2.52. The lowest BCUT2D eigenvalue weighted by Gasteiger charge is -2.37. The maximum Gasteiger partial charge on any atom is 0.263 e. The van der Waals surface area contributed by atoms with Gasteiger partial charge in [-0.15, -0.1) is 0 Å². The summed E-state index contributed by atoms with van der Waals surface area (Å²) in [6.07, 6.45) is -0.711. The summed E-state index contributed by atoms with van der Waals surface area (Å²) in [5, 5.41) is 9.65. The Hall–Kier alpha value is -3.11. The molecule has 0 spiro atoms. The van der Waals surface area contributed by atoms with Crippen molar-refractivity contribution < 1.29 is 18.7 Å². The van der Waals surface area contributed by atoms with E-state index in [4.69, 9.17) is 9.47 Å². The van der Waals surface area contributed by atoms with Crippen LogP contribution < -0.4 is 9.47 Å². The molecule has 29 heavy (non-hydrogen) atoms. The predicted octanol–water partition coefficient (Wildman–Crippen LogP) is 3.01. The molecule has 2 atom stereocenters. The largest absolute Gasteiger partial charge is 0.497 e. The van der Waals surface area contributed by atoms with E-state index in [9.17, 15) is 14.4 Å². The molecule has 1 fully saturated rings. The Morgan fingerprint density at radius 3 is 2.38 bits per heavy atom. The van der Waals surface area contributed by atoms with Crippen molar-refractivity contribution in [3.05, 3.63) is 59.9 Å². The third kappa shape index (κ3) is 5.04. The minimum atomic E-state index is -0.711. The maximum atomic E-state index is 13.3. The summed E-state index contributed by atoms with van der Waals surface area (Å²) in [6, 6.07) is 15.2. The van der Waals surface area contributed by atoms with E-state index < -0.39 is 11.9 Å². The number of hydrogen-bond acceptors (Lipinski definition) is 5. The monoisotopic (exact) mass is 397 g/mol. The number of halogens is 1. The lowest BCUT2D eigenvalue weighted by atomic mass is 10.1. The van der Waals surface area contributed by atoms with E-state index >= 15 is 0 Å². The molecule has 1 amide bonds. The molecule has 1 saturated heterocycles. The van der Waals surface area contributed by atoms with Crippen LogP contribution in [0.15, 0.2) is 48.5 Å². The molecule has 2 aromatic carbocycles. The number of piperazine rings is 1. The van der Waals surface area contributed by atoms with E-state index in [1.807, 2.05) is 24.3 Å². The summed E-state index contributed by atoms with van der Waals surface area (Å²) in [4.78, 5) is 16.5. The molecule has 3 rings (SSSR count). The minimum Gasteiger partial charge on any atom is -0.497 e. The van der Waals surface area contributed by atoms with Gasteiger partial charge in [0, 0.05) is 32.2 Å². The Morgan fingerprint density at radius 2 is 1.79 bits per heavy atom. The second kappa shape index (κ2) is 9.39. The highest BCUT2D eigenvalue weighted by Gasteiger charge is 2.29. The van der Waals surface area contributed by atoms with Gasteiger partial charge in [0.25, 0.3) is 5.91 Å². The molecular weight excluding hydrogens is 373 g/mol. The first-order valence-electron chi connectivity index (χ1n) is 9.50. The van der Waals surface area contributed by atoms with E-state index in [2.05, 4.69) is 11.0 Å². The van der Waals surface area contributed by atoms with E-state index in [1.165, 1.54) is 12.1 Å². The first kappa shape index (κ1) is 20.6. The van der Waals surface area contributed by atoms with Crippen molar-refractivity contribution in [1.29, 1.82) is 5.26 Å². The van der Waals surface area contributed by atoms with Crippen molar-refractivity contribution in [2.75, 3.05) is 33.3 Å². The molecule has 152 valence electrons. The van der Waals surface area contributed by atoms with E-state index in [0.29, 0.717) is 31.9 Å². The van der Waals surface area contributed by atoms with E-state index in [0.717, 1.165) is 11.3 Å². The topological polar surface area (TPSA) is 65.8 Å². The van der Waals surface area contributed by atoms with Crippen LogP contribution in [0.3, 0.4) is 0 Å². The van der Waals surface area contributed by atoms with Crippen LogP contribution in [0.25, 0.3) is 0 Å². The van der Waals surface area contributed by atoms with Gasteiger partial charge < -0.3 is 14.4 Å². The van der Waals surface area contributed by atoms with Crippen molar-refractivity contribution in [2.24, 2.45) is 0 Å². The standard InChI is InChI=1S/C22H24FN3O3/c1-16(29-20-5-3-4-18(23)14-20)22(27)26-12-10-25(11-13-26)21(15-24)17-6-8-19(28-2)9-7-17/h3-9,14,16,21H,10-13H2,1-2H3. The van der Waals surface area contributed by atoms with Crippen LogP contribution in [0, 0.1) is 17.1 Å². The van der Waals surface area contributed by atoms with Crippen LogP contribution in [0.5, 0.6) is 11.5 Å².